The molecule has 0 spiro atoms. The van der Waals surface area contributed by atoms with Gasteiger partial charge in [-0.15, -0.1) is 0 Å². The van der Waals surface area contributed by atoms with Gasteiger partial charge in [-0.1, -0.05) is 41.0 Å². The van der Waals surface area contributed by atoms with Gasteiger partial charge in [-0.3, -0.25) is 4.79 Å². The van der Waals surface area contributed by atoms with Crippen molar-refractivity contribution in [2.24, 2.45) is 17.3 Å². The van der Waals surface area contributed by atoms with Crippen LogP contribution in [0.15, 0.2) is 0 Å². The molecule has 0 saturated carbocycles. The van der Waals surface area contributed by atoms with Crippen molar-refractivity contribution in [1.29, 1.82) is 0 Å². The number of halogens is 3. The molecule has 0 aromatic heterocycles. The largest absolute Gasteiger partial charge is 0.454 e. The van der Waals surface area contributed by atoms with Gasteiger partial charge >= 0.3 is 18.1 Å². The molecule has 0 N–H and O–H groups in total. The highest BCUT2D eigenvalue weighted by atomic mass is 19.4. The van der Waals surface area contributed by atoms with Crippen LogP contribution in [0, 0.1) is 17.3 Å². The number of hydrogen-bond acceptors (Lipinski definition) is 4. The predicted molar refractivity (Wildman–Crippen MR) is 75.0 cm³/mol. The Morgan fingerprint density at radius 1 is 1.09 bits per heavy atom. The maximum absolute atomic E-state index is 12.0. The van der Waals surface area contributed by atoms with Crippen molar-refractivity contribution >= 4 is 11.9 Å². The first-order chi connectivity index (χ1) is 9.88. The summed E-state index contributed by atoms with van der Waals surface area (Å²) < 4.78 is 44.4. The molecule has 0 aliphatic carbocycles. The molecule has 0 bridgehead atoms. The Bertz CT molecular complexity index is 375. The van der Waals surface area contributed by atoms with E-state index in [9.17, 15) is 22.8 Å². The second-order valence-electron chi connectivity index (χ2n) is 6.46. The lowest BCUT2D eigenvalue weighted by molar-refractivity contribution is -0.190. The molecular weight excluding hydrogens is 301 g/mol. The van der Waals surface area contributed by atoms with E-state index in [2.05, 4.69) is 4.74 Å². The van der Waals surface area contributed by atoms with Gasteiger partial charge in [0.05, 0.1) is 5.92 Å². The first-order valence-electron chi connectivity index (χ1n) is 7.27. The summed E-state index contributed by atoms with van der Waals surface area (Å²) in [7, 11) is 0. The van der Waals surface area contributed by atoms with Crippen molar-refractivity contribution in [3.8, 4) is 0 Å². The van der Waals surface area contributed by atoms with Crippen molar-refractivity contribution in [2.75, 3.05) is 13.2 Å². The first kappa shape index (κ1) is 20.7. The van der Waals surface area contributed by atoms with E-state index in [-0.39, 0.29) is 11.3 Å². The van der Waals surface area contributed by atoms with Gasteiger partial charge in [0.1, 0.15) is 0 Å². The lowest BCUT2D eigenvalue weighted by Gasteiger charge is -2.29. The molecule has 0 aliphatic heterocycles. The summed E-state index contributed by atoms with van der Waals surface area (Å²) in [6, 6.07) is 0. The van der Waals surface area contributed by atoms with Crippen LogP contribution in [0.1, 0.15) is 47.5 Å². The van der Waals surface area contributed by atoms with E-state index in [4.69, 9.17) is 4.74 Å². The fraction of sp³-hybridized carbons (Fsp3) is 0.867. The minimum atomic E-state index is -4.59. The van der Waals surface area contributed by atoms with Gasteiger partial charge in [0.25, 0.3) is 0 Å². The molecule has 1 atom stereocenters. The van der Waals surface area contributed by atoms with Crippen LogP contribution in [-0.2, 0) is 19.1 Å². The predicted octanol–water partition coefficient (Wildman–Crippen LogP) is 3.73. The summed E-state index contributed by atoms with van der Waals surface area (Å²) in [5, 5.41) is 0. The second-order valence-corrected chi connectivity index (χ2v) is 6.46. The molecular formula is C15H25F3O4. The van der Waals surface area contributed by atoms with Gasteiger partial charge in [-0.25, -0.2) is 4.79 Å². The van der Waals surface area contributed by atoms with Gasteiger partial charge in [0, 0.05) is 0 Å². The highest BCUT2D eigenvalue weighted by Gasteiger charge is 2.32. The second kappa shape index (κ2) is 8.39. The number of hydrogen-bond donors (Lipinski definition) is 0. The molecule has 0 radical (unpaired) electrons. The van der Waals surface area contributed by atoms with Crippen LogP contribution in [-0.4, -0.2) is 31.3 Å². The molecule has 0 heterocycles. The third-order valence-corrected chi connectivity index (χ3v) is 3.57. The molecule has 0 rings (SSSR count). The van der Waals surface area contributed by atoms with Crippen LogP contribution < -0.4 is 0 Å². The number of alkyl halides is 3. The first-order valence-corrected chi connectivity index (χ1v) is 7.27. The average Bonchev–Trinajstić information content (AvgIpc) is 2.38. The van der Waals surface area contributed by atoms with Crippen molar-refractivity contribution in [1.82, 2.24) is 0 Å². The molecule has 7 heteroatoms. The summed E-state index contributed by atoms with van der Waals surface area (Å²) in [6.07, 6.45) is -3.14. The lowest BCUT2D eigenvalue weighted by Crippen LogP contribution is -2.30. The number of carbonyl (C=O) groups excluding carboxylic acids is 2. The molecule has 0 fully saturated rings. The Morgan fingerprint density at radius 3 is 2.05 bits per heavy atom. The van der Waals surface area contributed by atoms with Gasteiger partial charge in [-0.05, 0) is 17.8 Å². The van der Waals surface area contributed by atoms with Crippen LogP contribution in [0.3, 0.4) is 0 Å². The molecule has 0 aromatic rings. The van der Waals surface area contributed by atoms with E-state index in [0.29, 0.717) is 6.42 Å². The van der Waals surface area contributed by atoms with E-state index in [0.717, 1.165) is 6.42 Å². The highest BCUT2D eigenvalue weighted by molar-refractivity contribution is 5.78. The zero-order chi connectivity index (χ0) is 17.6. The van der Waals surface area contributed by atoms with Crippen LogP contribution in [0.4, 0.5) is 13.2 Å². The SMILES string of the molecule is CCC(C)(C)CC(C(=O)OCC(=O)OCC(F)(F)F)C(C)C. The molecule has 0 aromatic carbocycles. The Hall–Kier alpha value is -1.27. The number of rotatable bonds is 8. The van der Waals surface area contributed by atoms with E-state index >= 15 is 0 Å². The fourth-order valence-electron chi connectivity index (χ4n) is 1.77. The van der Waals surface area contributed by atoms with Crippen molar-refractivity contribution in [3.63, 3.8) is 0 Å². The molecule has 0 aliphatic rings. The number of esters is 2. The van der Waals surface area contributed by atoms with Gasteiger partial charge in [-0.2, -0.15) is 13.2 Å². The van der Waals surface area contributed by atoms with Crippen molar-refractivity contribution in [2.45, 2.75) is 53.6 Å². The third kappa shape index (κ3) is 8.89. The monoisotopic (exact) mass is 326 g/mol. The average molecular weight is 326 g/mol. The van der Waals surface area contributed by atoms with Crippen molar-refractivity contribution < 1.29 is 32.2 Å². The summed E-state index contributed by atoms with van der Waals surface area (Å²) >= 11 is 0. The third-order valence-electron chi connectivity index (χ3n) is 3.57. The highest BCUT2D eigenvalue weighted by Crippen LogP contribution is 2.32. The minimum absolute atomic E-state index is 0.00419. The Balaban J connectivity index is 4.44. The molecule has 1 unspecified atom stereocenters. The fourth-order valence-corrected chi connectivity index (χ4v) is 1.77. The Morgan fingerprint density at radius 2 is 1.64 bits per heavy atom. The summed E-state index contributed by atoms with van der Waals surface area (Å²) in [4.78, 5) is 23.2. The van der Waals surface area contributed by atoms with E-state index in [1.165, 1.54) is 0 Å². The molecule has 0 amide bonds. The maximum atomic E-state index is 12.0. The number of carbonyl (C=O) groups is 2. The maximum Gasteiger partial charge on any atom is 0.422 e. The molecule has 4 nitrogen and oxygen atoms in total. The molecule has 130 valence electrons. The van der Waals surface area contributed by atoms with Crippen LogP contribution in [0.5, 0.6) is 0 Å². The van der Waals surface area contributed by atoms with E-state index < -0.39 is 37.2 Å². The minimum Gasteiger partial charge on any atom is -0.454 e. The number of ether oxygens (including phenoxy) is 2. The van der Waals surface area contributed by atoms with Crippen molar-refractivity contribution in [3.05, 3.63) is 0 Å². The van der Waals surface area contributed by atoms with Gasteiger partial charge < -0.3 is 9.47 Å². The smallest absolute Gasteiger partial charge is 0.422 e. The van der Waals surface area contributed by atoms with Crippen LogP contribution in [0.25, 0.3) is 0 Å². The normalized spacial score (nSPS) is 13.9. The lowest BCUT2D eigenvalue weighted by atomic mass is 9.77. The van der Waals surface area contributed by atoms with Gasteiger partial charge in [0.15, 0.2) is 13.2 Å². The summed E-state index contributed by atoms with van der Waals surface area (Å²) in [5.41, 5.74) is -0.0647. The Kier molecular flexibility index (Phi) is 7.90. The molecule has 22 heavy (non-hydrogen) atoms. The van der Waals surface area contributed by atoms with Crippen LogP contribution in [0.2, 0.25) is 0 Å². The Labute approximate surface area is 129 Å². The summed E-state index contributed by atoms with van der Waals surface area (Å²) in [5.74, 6) is -2.20. The van der Waals surface area contributed by atoms with Gasteiger partial charge in [0.2, 0.25) is 0 Å². The van der Waals surface area contributed by atoms with E-state index in [1.807, 2.05) is 34.6 Å². The van der Waals surface area contributed by atoms with Crippen LogP contribution >= 0.6 is 0 Å². The summed E-state index contributed by atoms with van der Waals surface area (Å²) in [6.45, 7) is 7.29. The molecule has 0 saturated heterocycles. The zero-order valence-corrected chi connectivity index (χ0v) is 13.8. The standard InChI is InChI=1S/C15H25F3O4/c1-6-14(4,5)7-11(10(2)3)13(20)21-8-12(19)22-9-15(16,17)18/h10-11H,6-9H2,1-5H3. The quantitative estimate of drug-likeness (QED) is 0.638. The van der Waals surface area contributed by atoms with E-state index in [1.54, 1.807) is 0 Å². The zero-order valence-electron chi connectivity index (χ0n) is 13.8. The topological polar surface area (TPSA) is 52.6 Å².